The van der Waals surface area contributed by atoms with Gasteiger partial charge in [-0.1, -0.05) is 12.1 Å². The van der Waals surface area contributed by atoms with Gasteiger partial charge in [0.1, 0.15) is 11.5 Å². The predicted octanol–water partition coefficient (Wildman–Crippen LogP) is 2.92. The van der Waals surface area contributed by atoms with Crippen LogP contribution in [0.1, 0.15) is 62.1 Å². The second-order valence-electron chi connectivity index (χ2n) is 6.96. The van der Waals surface area contributed by atoms with E-state index >= 15 is 0 Å². The molecule has 0 amide bonds. The Morgan fingerprint density at radius 2 is 0.778 bits per heavy atom. The average Bonchev–Trinajstić information content (AvgIpc) is 2.83. The van der Waals surface area contributed by atoms with Crippen LogP contribution in [0.4, 0.5) is 0 Å². The van der Waals surface area contributed by atoms with Crippen molar-refractivity contribution >= 4 is 35.8 Å². The maximum Gasteiger partial charge on any atom is 0.344 e. The molecule has 0 bridgehead atoms. The van der Waals surface area contributed by atoms with E-state index in [0.29, 0.717) is 0 Å². The zero-order chi connectivity index (χ0) is 26.6. The highest BCUT2D eigenvalue weighted by Crippen LogP contribution is 2.23. The van der Waals surface area contributed by atoms with Gasteiger partial charge in [0.2, 0.25) is 0 Å². The summed E-state index contributed by atoms with van der Waals surface area (Å²) in [5.74, 6) is -8.94. The second-order valence-corrected chi connectivity index (χ2v) is 6.96. The molecule has 36 heavy (non-hydrogen) atoms. The van der Waals surface area contributed by atoms with Gasteiger partial charge in [0.25, 0.3) is 0 Å². The lowest BCUT2D eigenvalue weighted by molar-refractivity contribution is 0.0648. The van der Waals surface area contributed by atoms with Crippen LogP contribution in [0, 0.1) is 0 Å². The quantitative estimate of drug-likeness (QED) is 0.264. The minimum Gasteiger partial charge on any atom is -0.478 e. The van der Waals surface area contributed by atoms with Crippen LogP contribution >= 0.6 is 0 Å². The molecule has 12 heteroatoms. The number of hydrogen-bond acceptors (Lipinski definition) is 8. The van der Waals surface area contributed by atoms with Crippen molar-refractivity contribution < 1.29 is 58.7 Å². The highest BCUT2D eigenvalue weighted by molar-refractivity contribution is 6.06. The monoisotopic (exact) mass is 494 g/mol. The van der Waals surface area contributed by atoms with Gasteiger partial charge >= 0.3 is 35.8 Å². The van der Waals surface area contributed by atoms with Crippen LogP contribution in [0.5, 0.6) is 11.5 Å². The molecule has 0 aliphatic carbocycles. The molecular formula is C24H14O12. The Kier molecular flexibility index (Phi) is 7.10. The molecule has 0 atom stereocenters. The molecule has 12 nitrogen and oxygen atoms in total. The molecule has 0 fully saturated rings. The summed E-state index contributed by atoms with van der Waals surface area (Å²) in [4.78, 5) is 70.5. The molecular weight excluding hydrogens is 480 g/mol. The summed E-state index contributed by atoms with van der Waals surface area (Å²) in [6.07, 6.45) is 0. The Labute approximate surface area is 200 Å². The predicted molar refractivity (Wildman–Crippen MR) is 117 cm³/mol. The van der Waals surface area contributed by atoms with Gasteiger partial charge in [0.15, 0.2) is 0 Å². The Morgan fingerprint density at radius 1 is 0.444 bits per heavy atom. The molecule has 0 heterocycles. The summed E-state index contributed by atoms with van der Waals surface area (Å²) in [6, 6.07) is 10.9. The third kappa shape index (κ3) is 5.34. The first-order chi connectivity index (χ1) is 17.0. The van der Waals surface area contributed by atoms with E-state index in [1.54, 1.807) is 0 Å². The smallest absolute Gasteiger partial charge is 0.344 e. The van der Waals surface area contributed by atoms with Crippen molar-refractivity contribution in [2.24, 2.45) is 0 Å². The zero-order valence-electron chi connectivity index (χ0n) is 17.8. The normalized spacial score (nSPS) is 10.2. The van der Waals surface area contributed by atoms with Gasteiger partial charge in [-0.15, -0.1) is 0 Å². The average molecular weight is 494 g/mol. The lowest BCUT2D eigenvalue weighted by atomic mass is 10.1. The van der Waals surface area contributed by atoms with E-state index in [9.17, 15) is 39.0 Å². The number of rotatable bonds is 8. The minimum atomic E-state index is -1.57. The number of aromatic carboxylic acids is 4. The van der Waals surface area contributed by atoms with Gasteiger partial charge in [-0.2, -0.15) is 0 Å². The number of carboxylic acids is 4. The molecule has 0 aliphatic rings. The van der Waals surface area contributed by atoms with Crippen molar-refractivity contribution in [3.05, 3.63) is 94.0 Å². The molecule has 0 aliphatic heterocycles. The maximum atomic E-state index is 12.7. The highest BCUT2D eigenvalue weighted by Gasteiger charge is 2.23. The van der Waals surface area contributed by atoms with E-state index < -0.39 is 58.1 Å². The Morgan fingerprint density at radius 3 is 1.08 bits per heavy atom. The first-order valence-electron chi connectivity index (χ1n) is 9.74. The third-order valence-electron chi connectivity index (χ3n) is 4.69. The van der Waals surface area contributed by atoms with E-state index in [2.05, 4.69) is 0 Å². The molecule has 0 spiro atoms. The number of carbonyl (C=O) groups excluding carboxylic acids is 2. The summed E-state index contributed by atoms with van der Waals surface area (Å²) in [7, 11) is 0. The van der Waals surface area contributed by atoms with Gasteiger partial charge in [-0.25, -0.2) is 28.8 Å². The summed E-state index contributed by atoms with van der Waals surface area (Å²) < 4.78 is 10.2. The Balaban J connectivity index is 1.89. The maximum absolute atomic E-state index is 12.7. The molecule has 3 rings (SSSR count). The van der Waals surface area contributed by atoms with Crippen molar-refractivity contribution in [3.8, 4) is 11.5 Å². The van der Waals surface area contributed by atoms with E-state index in [-0.39, 0.29) is 22.6 Å². The van der Waals surface area contributed by atoms with Crippen molar-refractivity contribution in [1.82, 2.24) is 0 Å². The van der Waals surface area contributed by atoms with E-state index in [0.717, 1.165) is 36.4 Å². The molecule has 0 unspecified atom stereocenters. The number of hydrogen-bond donors (Lipinski definition) is 4. The van der Waals surface area contributed by atoms with E-state index in [4.69, 9.17) is 19.7 Å². The number of benzene rings is 3. The van der Waals surface area contributed by atoms with E-state index in [1.165, 1.54) is 24.3 Å². The van der Waals surface area contributed by atoms with Crippen molar-refractivity contribution in [3.63, 3.8) is 0 Å². The summed E-state index contributed by atoms with van der Waals surface area (Å²) in [5, 5.41) is 36.6. The summed E-state index contributed by atoms with van der Waals surface area (Å²) in [5.41, 5.74) is -2.91. The molecule has 4 N–H and O–H groups in total. The number of ether oxygens (including phenoxy) is 2. The van der Waals surface area contributed by atoms with Crippen LogP contribution < -0.4 is 9.47 Å². The lowest BCUT2D eigenvalue weighted by Crippen LogP contribution is -2.18. The molecule has 0 saturated heterocycles. The number of carbonyl (C=O) groups is 6. The first kappa shape index (κ1) is 25.1. The van der Waals surface area contributed by atoms with Gasteiger partial charge in [0.05, 0.1) is 33.4 Å². The second kappa shape index (κ2) is 10.2. The summed E-state index contributed by atoms with van der Waals surface area (Å²) >= 11 is 0. The largest absolute Gasteiger partial charge is 0.478 e. The van der Waals surface area contributed by atoms with Crippen LogP contribution in [0.3, 0.4) is 0 Å². The molecule has 182 valence electrons. The molecule has 0 radical (unpaired) electrons. The Hall–Kier alpha value is -5.52. The Bertz CT molecular complexity index is 1330. The van der Waals surface area contributed by atoms with Crippen LogP contribution in [-0.2, 0) is 0 Å². The molecule has 3 aromatic rings. The van der Waals surface area contributed by atoms with Crippen LogP contribution in [0.25, 0.3) is 0 Å². The fraction of sp³-hybridized carbons (Fsp3) is 0. The SMILES string of the molecule is O=C(O)c1ccc(OC(=O)c2ccccc2C(=O)Oc2ccc(C(=O)O)c(C(=O)O)c2)cc1C(=O)O. The highest BCUT2D eigenvalue weighted by atomic mass is 16.5. The minimum absolute atomic E-state index is 0.303. The number of esters is 2. The lowest BCUT2D eigenvalue weighted by Gasteiger charge is -2.11. The van der Waals surface area contributed by atoms with Crippen molar-refractivity contribution in [2.75, 3.05) is 0 Å². The first-order valence-corrected chi connectivity index (χ1v) is 9.74. The zero-order valence-corrected chi connectivity index (χ0v) is 17.8. The van der Waals surface area contributed by atoms with Crippen LogP contribution in [0.2, 0.25) is 0 Å². The van der Waals surface area contributed by atoms with Gasteiger partial charge in [-0.05, 0) is 48.5 Å². The summed E-state index contributed by atoms with van der Waals surface area (Å²) in [6.45, 7) is 0. The fourth-order valence-electron chi connectivity index (χ4n) is 3.06. The fourth-order valence-corrected chi connectivity index (χ4v) is 3.06. The van der Waals surface area contributed by atoms with Crippen LogP contribution in [0.15, 0.2) is 60.7 Å². The topological polar surface area (TPSA) is 202 Å². The standard InChI is InChI=1S/C24H14O12/c25-19(26)13-7-5-11(9-17(13)21(29)30)35-23(33)15-3-1-2-4-16(15)24(34)36-12-6-8-14(20(27)28)18(10-12)22(31)32/h1-10H,(H,25,26)(H,27,28)(H,29,30)(H,31,32). The third-order valence-corrected chi connectivity index (χ3v) is 4.69. The molecule has 3 aromatic carbocycles. The number of carboxylic acid groups (broad SMARTS) is 4. The van der Waals surface area contributed by atoms with Crippen LogP contribution in [-0.4, -0.2) is 56.2 Å². The van der Waals surface area contributed by atoms with Gasteiger partial charge < -0.3 is 29.9 Å². The molecule has 0 saturated carbocycles. The van der Waals surface area contributed by atoms with Gasteiger partial charge in [-0.3, -0.25) is 0 Å². The van der Waals surface area contributed by atoms with Crippen molar-refractivity contribution in [1.29, 1.82) is 0 Å². The molecule has 0 aromatic heterocycles. The van der Waals surface area contributed by atoms with Crippen molar-refractivity contribution in [2.45, 2.75) is 0 Å². The van der Waals surface area contributed by atoms with Gasteiger partial charge in [0, 0.05) is 0 Å². The van der Waals surface area contributed by atoms with E-state index in [1.807, 2.05) is 0 Å².